The van der Waals surface area contributed by atoms with Crippen molar-refractivity contribution < 1.29 is 14.8 Å². The summed E-state index contributed by atoms with van der Waals surface area (Å²) in [5.74, 6) is -0.429. The number of aliphatic hydroxyl groups is 1. The number of benzene rings is 1. The van der Waals surface area contributed by atoms with E-state index < -0.39 is 10.8 Å². The average molecular weight is 273 g/mol. The second-order valence-electron chi connectivity index (χ2n) is 3.90. The number of aliphatic hydroxyl groups excluding tert-OH is 1. The largest absolute Gasteiger partial charge is 0.394 e. The van der Waals surface area contributed by atoms with Crippen molar-refractivity contribution in [1.82, 2.24) is 4.90 Å². The fraction of sp³-hybridized carbons (Fsp3) is 0.364. The van der Waals surface area contributed by atoms with Crippen LogP contribution in [-0.2, 0) is 0 Å². The van der Waals surface area contributed by atoms with Crippen molar-refractivity contribution in [3.05, 3.63) is 38.9 Å². The molecule has 1 aromatic rings. The molecule has 0 radical (unpaired) electrons. The summed E-state index contributed by atoms with van der Waals surface area (Å²) in [6.45, 7) is 1.47. The third-order valence-corrected chi connectivity index (χ3v) is 2.80. The molecule has 1 amide bonds. The summed E-state index contributed by atoms with van der Waals surface area (Å²) in [5.41, 5.74) is -0.118. The topological polar surface area (TPSA) is 83.7 Å². The summed E-state index contributed by atoms with van der Waals surface area (Å²) >= 11 is 5.73. The first-order chi connectivity index (χ1) is 8.36. The van der Waals surface area contributed by atoms with Crippen LogP contribution in [0.25, 0.3) is 0 Å². The van der Waals surface area contributed by atoms with Gasteiger partial charge in [0, 0.05) is 29.8 Å². The lowest BCUT2D eigenvalue weighted by Crippen LogP contribution is -2.37. The third kappa shape index (κ3) is 3.18. The van der Waals surface area contributed by atoms with Crippen molar-refractivity contribution in [2.24, 2.45) is 0 Å². The van der Waals surface area contributed by atoms with Crippen LogP contribution in [0.15, 0.2) is 18.2 Å². The van der Waals surface area contributed by atoms with Gasteiger partial charge in [0.15, 0.2) is 0 Å². The minimum Gasteiger partial charge on any atom is -0.394 e. The zero-order chi connectivity index (χ0) is 13.9. The van der Waals surface area contributed by atoms with E-state index in [2.05, 4.69) is 0 Å². The smallest absolute Gasteiger partial charge is 0.271 e. The number of hydrogen-bond acceptors (Lipinski definition) is 4. The second-order valence-corrected chi connectivity index (χ2v) is 4.34. The second kappa shape index (κ2) is 5.79. The first-order valence-electron chi connectivity index (χ1n) is 5.19. The van der Waals surface area contributed by atoms with E-state index in [1.165, 1.54) is 24.1 Å². The summed E-state index contributed by atoms with van der Waals surface area (Å²) in [6.07, 6.45) is 0. The minimum absolute atomic E-state index is 0.122. The minimum atomic E-state index is -0.613. The zero-order valence-corrected chi connectivity index (χ0v) is 10.7. The number of hydrogen-bond donors (Lipinski definition) is 1. The molecule has 7 heteroatoms. The Morgan fingerprint density at radius 2 is 2.17 bits per heavy atom. The van der Waals surface area contributed by atoms with Gasteiger partial charge >= 0.3 is 0 Å². The highest BCUT2D eigenvalue weighted by Crippen LogP contribution is 2.22. The first kappa shape index (κ1) is 14.4. The van der Waals surface area contributed by atoms with Crippen LogP contribution in [0.4, 0.5) is 5.69 Å². The summed E-state index contributed by atoms with van der Waals surface area (Å²) in [5, 5.41) is 19.8. The molecule has 0 aliphatic heterocycles. The molecule has 0 spiro atoms. The van der Waals surface area contributed by atoms with E-state index in [1.807, 2.05) is 0 Å². The Balaban J connectivity index is 3.09. The molecule has 18 heavy (non-hydrogen) atoms. The number of carbonyl (C=O) groups is 1. The summed E-state index contributed by atoms with van der Waals surface area (Å²) in [7, 11) is 1.51. The van der Waals surface area contributed by atoms with E-state index in [9.17, 15) is 14.9 Å². The average Bonchev–Trinajstić information content (AvgIpc) is 2.35. The van der Waals surface area contributed by atoms with Gasteiger partial charge in [-0.3, -0.25) is 14.9 Å². The Kier molecular flexibility index (Phi) is 4.63. The molecule has 1 atom stereocenters. The highest BCUT2D eigenvalue weighted by atomic mass is 35.5. The monoisotopic (exact) mass is 272 g/mol. The maximum absolute atomic E-state index is 12.0. The number of nitrogens with zero attached hydrogens (tertiary/aromatic N) is 2. The van der Waals surface area contributed by atoms with Crippen LogP contribution >= 0.6 is 11.6 Å². The Labute approximate surface area is 109 Å². The van der Waals surface area contributed by atoms with Gasteiger partial charge in [-0.15, -0.1) is 0 Å². The van der Waals surface area contributed by atoms with Crippen LogP contribution in [-0.4, -0.2) is 40.5 Å². The molecule has 0 fully saturated rings. The maximum Gasteiger partial charge on any atom is 0.271 e. The van der Waals surface area contributed by atoms with Crippen molar-refractivity contribution in [3.8, 4) is 0 Å². The van der Waals surface area contributed by atoms with Crippen molar-refractivity contribution in [2.75, 3.05) is 13.7 Å². The molecule has 6 nitrogen and oxygen atoms in total. The first-order valence-corrected chi connectivity index (χ1v) is 5.57. The third-order valence-electron chi connectivity index (χ3n) is 2.59. The number of amides is 1. The molecule has 0 saturated heterocycles. The van der Waals surface area contributed by atoms with Gasteiger partial charge in [0.25, 0.3) is 11.6 Å². The SMILES string of the molecule is CC(CO)N(C)C(=O)c1cc(Cl)cc([N+](=O)[O-])c1. The van der Waals surface area contributed by atoms with Crippen LogP contribution in [0.3, 0.4) is 0 Å². The lowest BCUT2D eigenvalue weighted by molar-refractivity contribution is -0.384. The number of non-ortho nitro benzene ring substituents is 1. The van der Waals surface area contributed by atoms with E-state index in [0.717, 1.165) is 6.07 Å². The van der Waals surface area contributed by atoms with E-state index >= 15 is 0 Å². The Hall–Kier alpha value is -1.66. The fourth-order valence-electron chi connectivity index (χ4n) is 1.33. The molecule has 0 aliphatic rings. The molecule has 0 aromatic heterocycles. The molecular formula is C11H13ClN2O4. The number of carbonyl (C=O) groups excluding carboxylic acids is 1. The van der Waals surface area contributed by atoms with E-state index in [0.29, 0.717) is 0 Å². The molecule has 1 aromatic carbocycles. The van der Waals surface area contributed by atoms with Gasteiger partial charge in [0.05, 0.1) is 17.6 Å². The van der Waals surface area contributed by atoms with E-state index in [1.54, 1.807) is 6.92 Å². The number of likely N-dealkylation sites (N-methyl/N-ethyl adjacent to an activating group) is 1. The van der Waals surface area contributed by atoms with Crippen molar-refractivity contribution in [2.45, 2.75) is 13.0 Å². The Morgan fingerprint density at radius 1 is 1.56 bits per heavy atom. The normalized spacial score (nSPS) is 12.0. The number of rotatable bonds is 4. The highest BCUT2D eigenvalue weighted by molar-refractivity contribution is 6.31. The molecule has 0 bridgehead atoms. The summed E-state index contributed by atoms with van der Waals surface area (Å²) in [6, 6.07) is 3.32. The van der Waals surface area contributed by atoms with E-state index in [-0.39, 0.29) is 28.9 Å². The molecule has 0 heterocycles. The highest BCUT2D eigenvalue weighted by Gasteiger charge is 2.20. The summed E-state index contributed by atoms with van der Waals surface area (Å²) in [4.78, 5) is 23.4. The predicted molar refractivity (Wildman–Crippen MR) is 66.7 cm³/mol. The molecule has 0 saturated carbocycles. The molecule has 1 N–H and O–H groups in total. The quantitative estimate of drug-likeness (QED) is 0.668. The van der Waals surface area contributed by atoms with Crippen LogP contribution < -0.4 is 0 Å². The maximum atomic E-state index is 12.0. The predicted octanol–water partition coefficient (Wildman–Crippen LogP) is 1.70. The molecule has 0 aliphatic carbocycles. The van der Waals surface area contributed by atoms with Gasteiger partial charge in [-0.2, -0.15) is 0 Å². The fourth-order valence-corrected chi connectivity index (χ4v) is 1.56. The summed E-state index contributed by atoms with van der Waals surface area (Å²) < 4.78 is 0. The van der Waals surface area contributed by atoms with Crippen LogP contribution in [0, 0.1) is 10.1 Å². The van der Waals surface area contributed by atoms with Gasteiger partial charge in [0.2, 0.25) is 0 Å². The van der Waals surface area contributed by atoms with Crippen molar-refractivity contribution >= 4 is 23.2 Å². The van der Waals surface area contributed by atoms with E-state index in [4.69, 9.17) is 16.7 Å². The number of nitro benzene ring substituents is 1. The van der Waals surface area contributed by atoms with Gasteiger partial charge < -0.3 is 10.0 Å². The van der Waals surface area contributed by atoms with Gasteiger partial charge in [-0.05, 0) is 13.0 Å². The Bertz CT molecular complexity index is 478. The van der Waals surface area contributed by atoms with Crippen molar-refractivity contribution in [3.63, 3.8) is 0 Å². The Morgan fingerprint density at radius 3 is 2.67 bits per heavy atom. The lowest BCUT2D eigenvalue weighted by Gasteiger charge is -2.23. The van der Waals surface area contributed by atoms with Gasteiger partial charge in [-0.1, -0.05) is 11.6 Å². The number of nitro groups is 1. The molecule has 98 valence electrons. The number of halogens is 1. The standard InChI is InChI=1S/C11H13ClN2O4/c1-7(6-15)13(2)11(16)8-3-9(12)5-10(4-8)14(17)18/h3-5,7,15H,6H2,1-2H3. The van der Waals surface area contributed by atoms with Crippen molar-refractivity contribution in [1.29, 1.82) is 0 Å². The van der Waals surface area contributed by atoms with Gasteiger partial charge in [0.1, 0.15) is 0 Å². The van der Waals surface area contributed by atoms with Gasteiger partial charge in [-0.25, -0.2) is 0 Å². The molecular weight excluding hydrogens is 260 g/mol. The molecule has 1 rings (SSSR count). The lowest BCUT2D eigenvalue weighted by atomic mass is 10.1. The zero-order valence-electron chi connectivity index (χ0n) is 9.96. The van der Waals surface area contributed by atoms with Crippen LogP contribution in [0.1, 0.15) is 17.3 Å². The molecule has 1 unspecified atom stereocenters. The van der Waals surface area contributed by atoms with Crippen LogP contribution in [0.2, 0.25) is 5.02 Å². The van der Waals surface area contributed by atoms with Crippen LogP contribution in [0.5, 0.6) is 0 Å².